The number of nitrogen functional groups attached to an aromatic ring is 1. The van der Waals surface area contributed by atoms with E-state index < -0.39 is 0 Å². The minimum Gasteiger partial charge on any atom is -0.399 e. The Hall–Kier alpha value is -1.81. The predicted octanol–water partition coefficient (Wildman–Crippen LogP) is 3.31. The molecule has 0 bridgehead atoms. The standard InChI is InChI=1S/C16H17BrN2O/c1-11-10-13(4-7-15(11)17)16(20)19-9-8-12-2-5-14(18)6-3-12/h2-7,10H,8-9,18H2,1H3,(H,19,20). The fourth-order valence-corrected chi connectivity index (χ4v) is 2.14. The number of hydrogen-bond acceptors (Lipinski definition) is 2. The second-order valence-electron chi connectivity index (χ2n) is 4.71. The Morgan fingerprint density at radius 2 is 1.90 bits per heavy atom. The van der Waals surface area contributed by atoms with Crippen LogP contribution >= 0.6 is 15.9 Å². The Morgan fingerprint density at radius 1 is 1.20 bits per heavy atom. The molecule has 0 atom stereocenters. The van der Waals surface area contributed by atoms with Crippen LogP contribution in [0.25, 0.3) is 0 Å². The average Bonchev–Trinajstić information content (AvgIpc) is 2.44. The lowest BCUT2D eigenvalue weighted by Gasteiger charge is -2.07. The molecule has 0 heterocycles. The molecule has 3 nitrogen and oxygen atoms in total. The first-order valence-electron chi connectivity index (χ1n) is 6.45. The van der Waals surface area contributed by atoms with Crippen molar-refractivity contribution in [1.29, 1.82) is 0 Å². The van der Waals surface area contributed by atoms with Gasteiger partial charge in [-0.05, 0) is 54.8 Å². The van der Waals surface area contributed by atoms with Crippen molar-refractivity contribution in [2.24, 2.45) is 0 Å². The summed E-state index contributed by atoms with van der Waals surface area (Å²) in [6, 6.07) is 13.3. The van der Waals surface area contributed by atoms with E-state index >= 15 is 0 Å². The summed E-state index contributed by atoms with van der Waals surface area (Å²) in [6.45, 7) is 2.58. The van der Waals surface area contributed by atoms with E-state index in [0.717, 1.165) is 27.7 Å². The number of carbonyl (C=O) groups excluding carboxylic acids is 1. The number of aryl methyl sites for hydroxylation is 1. The molecule has 0 aliphatic rings. The molecule has 1 amide bonds. The van der Waals surface area contributed by atoms with Gasteiger partial charge in [0, 0.05) is 22.3 Å². The van der Waals surface area contributed by atoms with Crippen LogP contribution in [-0.2, 0) is 6.42 Å². The maximum Gasteiger partial charge on any atom is 0.251 e. The van der Waals surface area contributed by atoms with Crippen molar-refractivity contribution in [3.63, 3.8) is 0 Å². The molecule has 0 spiro atoms. The van der Waals surface area contributed by atoms with E-state index in [2.05, 4.69) is 21.2 Å². The molecule has 0 saturated carbocycles. The number of nitrogens with one attached hydrogen (secondary N) is 1. The van der Waals surface area contributed by atoms with Crippen LogP contribution in [0.4, 0.5) is 5.69 Å². The van der Waals surface area contributed by atoms with Crippen LogP contribution in [0.1, 0.15) is 21.5 Å². The van der Waals surface area contributed by atoms with Crippen LogP contribution in [-0.4, -0.2) is 12.5 Å². The van der Waals surface area contributed by atoms with Gasteiger partial charge in [-0.3, -0.25) is 4.79 Å². The van der Waals surface area contributed by atoms with E-state index in [-0.39, 0.29) is 5.91 Å². The van der Waals surface area contributed by atoms with E-state index in [1.165, 1.54) is 0 Å². The highest BCUT2D eigenvalue weighted by molar-refractivity contribution is 9.10. The van der Waals surface area contributed by atoms with Gasteiger partial charge in [0.25, 0.3) is 5.91 Å². The van der Waals surface area contributed by atoms with E-state index in [1.54, 1.807) is 0 Å². The predicted molar refractivity (Wildman–Crippen MR) is 85.8 cm³/mol. The maximum atomic E-state index is 12.0. The van der Waals surface area contributed by atoms with Crippen molar-refractivity contribution < 1.29 is 4.79 Å². The van der Waals surface area contributed by atoms with E-state index in [4.69, 9.17) is 5.73 Å². The fourth-order valence-electron chi connectivity index (χ4n) is 1.89. The van der Waals surface area contributed by atoms with Crippen LogP contribution in [0.3, 0.4) is 0 Å². The third-order valence-corrected chi connectivity index (χ3v) is 3.99. The van der Waals surface area contributed by atoms with Crippen LogP contribution in [0.5, 0.6) is 0 Å². The monoisotopic (exact) mass is 332 g/mol. The van der Waals surface area contributed by atoms with Crippen LogP contribution in [0.2, 0.25) is 0 Å². The highest BCUT2D eigenvalue weighted by Gasteiger charge is 2.06. The normalized spacial score (nSPS) is 10.3. The second kappa shape index (κ2) is 6.57. The van der Waals surface area contributed by atoms with Gasteiger partial charge >= 0.3 is 0 Å². The molecule has 0 saturated heterocycles. The Labute approximate surface area is 127 Å². The average molecular weight is 333 g/mol. The lowest BCUT2D eigenvalue weighted by atomic mass is 10.1. The van der Waals surface area contributed by atoms with Crippen molar-refractivity contribution in [2.45, 2.75) is 13.3 Å². The molecule has 0 aliphatic carbocycles. The summed E-state index contributed by atoms with van der Waals surface area (Å²) in [5.74, 6) is -0.0453. The third-order valence-electron chi connectivity index (χ3n) is 3.10. The molecule has 20 heavy (non-hydrogen) atoms. The maximum absolute atomic E-state index is 12.0. The van der Waals surface area contributed by atoms with E-state index in [1.807, 2.05) is 49.4 Å². The van der Waals surface area contributed by atoms with Crippen molar-refractivity contribution in [1.82, 2.24) is 5.32 Å². The number of carbonyl (C=O) groups is 1. The second-order valence-corrected chi connectivity index (χ2v) is 5.57. The summed E-state index contributed by atoms with van der Waals surface area (Å²) in [6.07, 6.45) is 0.793. The summed E-state index contributed by atoms with van der Waals surface area (Å²) in [7, 11) is 0. The van der Waals surface area contributed by atoms with Crippen molar-refractivity contribution in [3.05, 3.63) is 63.6 Å². The first-order valence-corrected chi connectivity index (χ1v) is 7.24. The number of amides is 1. The minimum absolute atomic E-state index is 0.0453. The molecule has 0 aliphatic heterocycles. The van der Waals surface area contributed by atoms with Gasteiger partial charge in [0.05, 0.1) is 0 Å². The molecule has 4 heteroatoms. The highest BCUT2D eigenvalue weighted by atomic mass is 79.9. The Morgan fingerprint density at radius 3 is 2.55 bits per heavy atom. The van der Waals surface area contributed by atoms with Gasteiger partial charge in [-0.1, -0.05) is 28.1 Å². The minimum atomic E-state index is -0.0453. The van der Waals surface area contributed by atoms with Gasteiger partial charge in [0.1, 0.15) is 0 Å². The summed E-state index contributed by atoms with van der Waals surface area (Å²) in [4.78, 5) is 12.0. The molecule has 2 aromatic carbocycles. The lowest BCUT2D eigenvalue weighted by molar-refractivity contribution is 0.0954. The first-order chi connectivity index (χ1) is 9.56. The molecule has 0 radical (unpaired) electrons. The topological polar surface area (TPSA) is 55.1 Å². The number of rotatable bonds is 4. The molecular weight excluding hydrogens is 316 g/mol. The number of hydrogen-bond donors (Lipinski definition) is 2. The number of halogens is 1. The molecule has 2 aromatic rings. The Balaban J connectivity index is 1.88. The largest absolute Gasteiger partial charge is 0.399 e. The Bertz CT molecular complexity index is 608. The van der Waals surface area contributed by atoms with Gasteiger partial charge in [-0.15, -0.1) is 0 Å². The smallest absolute Gasteiger partial charge is 0.251 e. The van der Waals surface area contributed by atoms with Crippen LogP contribution < -0.4 is 11.1 Å². The third kappa shape index (κ3) is 3.84. The van der Waals surface area contributed by atoms with Gasteiger partial charge < -0.3 is 11.1 Å². The zero-order valence-corrected chi connectivity index (χ0v) is 12.9. The van der Waals surface area contributed by atoms with Gasteiger partial charge in [-0.25, -0.2) is 0 Å². The highest BCUT2D eigenvalue weighted by Crippen LogP contribution is 2.17. The quantitative estimate of drug-likeness (QED) is 0.844. The fraction of sp³-hybridized carbons (Fsp3) is 0.188. The van der Waals surface area contributed by atoms with Gasteiger partial charge in [0.2, 0.25) is 0 Å². The molecule has 0 fully saturated rings. The number of nitrogens with two attached hydrogens (primary N) is 1. The zero-order valence-electron chi connectivity index (χ0n) is 11.3. The van der Waals surface area contributed by atoms with E-state index in [0.29, 0.717) is 12.1 Å². The van der Waals surface area contributed by atoms with Crippen LogP contribution in [0, 0.1) is 6.92 Å². The zero-order chi connectivity index (χ0) is 14.5. The van der Waals surface area contributed by atoms with Gasteiger partial charge in [-0.2, -0.15) is 0 Å². The molecule has 3 N–H and O–H groups in total. The molecular formula is C16H17BrN2O. The van der Waals surface area contributed by atoms with Crippen molar-refractivity contribution >= 4 is 27.5 Å². The molecule has 0 unspecified atom stereocenters. The SMILES string of the molecule is Cc1cc(C(=O)NCCc2ccc(N)cc2)ccc1Br. The summed E-state index contributed by atoms with van der Waals surface area (Å²) in [5.41, 5.74) is 9.28. The van der Waals surface area contributed by atoms with Crippen molar-refractivity contribution in [2.75, 3.05) is 12.3 Å². The van der Waals surface area contributed by atoms with Crippen molar-refractivity contribution in [3.8, 4) is 0 Å². The summed E-state index contributed by atoms with van der Waals surface area (Å²) in [5, 5.41) is 2.92. The molecule has 2 rings (SSSR count). The molecule has 0 aromatic heterocycles. The van der Waals surface area contributed by atoms with Crippen LogP contribution in [0.15, 0.2) is 46.9 Å². The van der Waals surface area contributed by atoms with Gasteiger partial charge in [0.15, 0.2) is 0 Å². The first kappa shape index (κ1) is 14.6. The number of anilines is 1. The number of benzene rings is 2. The summed E-state index contributed by atoms with van der Waals surface area (Å²) >= 11 is 3.43. The summed E-state index contributed by atoms with van der Waals surface area (Å²) < 4.78 is 1.01. The molecule has 104 valence electrons. The Kier molecular flexibility index (Phi) is 4.79. The van der Waals surface area contributed by atoms with E-state index in [9.17, 15) is 4.79 Å². The lowest BCUT2D eigenvalue weighted by Crippen LogP contribution is -2.25.